The van der Waals surface area contributed by atoms with E-state index in [9.17, 15) is 10.4 Å². The number of pyridine rings is 3. The topological polar surface area (TPSA) is 101 Å². The van der Waals surface area contributed by atoms with Gasteiger partial charge in [0.15, 0.2) is 5.82 Å². The summed E-state index contributed by atoms with van der Waals surface area (Å²) < 4.78 is 0. The van der Waals surface area contributed by atoms with Crippen LogP contribution in [-0.4, -0.2) is 62.1 Å². The fourth-order valence-corrected chi connectivity index (χ4v) is 7.45. The molecule has 0 saturated carbocycles. The average molecular weight is 684 g/mol. The Morgan fingerprint density at radius 2 is 1.78 bits per heavy atom. The SMILES string of the molecule is Cc1cc(/C=C/c2nccc(-c3cccc(Nc4nccc5cc(CN6CC[C@@H](O)C6)cnc45)c3C)c2C#N)c(Cl)cc1CN1CCCCC1. The lowest BCUT2D eigenvalue weighted by Gasteiger charge is -2.27. The van der Waals surface area contributed by atoms with E-state index in [1.54, 1.807) is 12.4 Å². The van der Waals surface area contributed by atoms with Crippen LogP contribution < -0.4 is 5.32 Å². The van der Waals surface area contributed by atoms with E-state index in [0.717, 1.165) is 83.6 Å². The zero-order valence-electron chi connectivity index (χ0n) is 28.7. The van der Waals surface area contributed by atoms with E-state index in [-0.39, 0.29) is 6.10 Å². The molecular formula is C41H42ClN7O. The number of anilines is 2. The number of nitrogens with zero attached hydrogens (tertiary/aromatic N) is 6. The Hall–Kier alpha value is -4.65. The molecular weight excluding hydrogens is 642 g/mol. The van der Waals surface area contributed by atoms with Crippen molar-refractivity contribution in [1.29, 1.82) is 5.26 Å². The number of halogens is 1. The number of hydrogen-bond acceptors (Lipinski definition) is 8. The second kappa shape index (κ2) is 15.1. The summed E-state index contributed by atoms with van der Waals surface area (Å²) in [5.74, 6) is 0.666. The minimum Gasteiger partial charge on any atom is -0.392 e. The Morgan fingerprint density at radius 1 is 0.940 bits per heavy atom. The molecule has 8 nitrogen and oxygen atoms in total. The molecule has 9 heteroatoms. The van der Waals surface area contributed by atoms with Crippen molar-refractivity contribution in [2.45, 2.75) is 58.7 Å². The highest BCUT2D eigenvalue weighted by atomic mass is 35.5. The van der Waals surface area contributed by atoms with Crippen molar-refractivity contribution in [2.75, 3.05) is 31.5 Å². The van der Waals surface area contributed by atoms with Crippen molar-refractivity contribution >= 4 is 46.2 Å². The van der Waals surface area contributed by atoms with Gasteiger partial charge < -0.3 is 10.4 Å². The Labute approximate surface area is 299 Å². The van der Waals surface area contributed by atoms with Crippen LogP contribution in [0.2, 0.25) is 5.02 Å². The van der Waals surface area contributed by atoms with Crippen LogP contribution in [0.15, 0.2) is 67.1 Å². The van der Waals surface area contributed by atoms with E-state index < -0.39 is 0 Å². The first-order valence-corrected chi connectivity index (χ1v) is 17.8. The number of hydrogen-bond donors (Lipinski definition) is 2. The number of aliphatic hydroxyl groups excluding tert-OH is 1. The van der Waals surface area contributed by atoms with Gasteiger partial charge in [-0.2, -0.15) is 5.26 Å². The zero-order chi connectivity index (χ0) is 34.6. The Balaban J connectivity index is 1.13. The summed E-state index contributed by atoms with van der Waals surface area (Å²) in [5.41, 5.74) is 9.96. The summed E-state index contributed by atoms with van der Waals surface area (Å²) in [6, 6.07) is 18.7. The number of nitriles is 1. The largest absolute Gasteiger partial charge is 0.392 e. The van der Waals surface area contributed by atoms with E-state index in [1.165, 1.54) is 30.4 Å². The third kappa shape index (κ3) is 7.42. The number of piperidine rings is 1. The Kier molecular flexibility index (Phi) is 10.2. The molecule has 50 heavy (non-hydrogen) atoms. The molecule has 0 aliphatic carbocycles. The predicted octanol–water partition coefficient (Wildman–Crippen LogP) is 8.30. The third-order valence-electron chi connectivity index (χ3n) is 10.00. The van der Waals surface area contributed by atoms with Crippen molar-refractivity contribution in [3.63, 3.8) is 0 Å². The second-order valence-electron chi connectivity index (χ2n) is 13.6. The maximum Gasteiger partial charge on any atom is 0.156 e. The number of fused-ring (bicyclic) bond motifs is 1. The highest BCUT2D eigenvalue weighted by molar-refractivity contribution is 6.32. The molecule has 2 aliphatic rings. The summed E-state index contributed by atoms with van der Waals surface area (Å²) in [7, 11) is 0. The van der Waals surface area contributed by atoms with E-state index >= 15 is 0 Å². The molecule has 2 fully saturated rings. The quantitative estimate of drug-likeness (QED) is 0.160. The van der Waals surface area contributed by atoms with Crippen molar-refractivity contribution in [3.05, 3.63) is 111 Å². The summed E-state index contributed by atoms with van der Waals surface area (Å²) in [4.78, 5) is 18.8. The van der Waals surface area contributed by atoms with Gasteiger partial charge in [0.1, 0.15) is 11.6 Å². The zero-order valence-corrected chi connectivity index (χ0v) is 29.4. The number of rotatable bonds is 9. The number of likely N-dealkylation sites (tertiary alicyclic amines) is 2. The fourth-order valence-electron chi connectivity index (χ4n) is 7.20. The number of β-amino-alcohol motifs (C(OH)–C–C–N with tert-alkyl or cyclic N) is 1. The van der Waals surface area contributed by atoms with Crippen LogP contribution in [-0.2, 0) is 13.1 Å². The molecule has 0 spiro atoms. The smallest absolute Gasteiger partial charge is 0.156 e. The molecule has 2 aliphatic heterocycles. The van der Waals surface area contributed by atoms with Crippen LogP contribution in [0.25, 0.3) is 34.2 Å². The van der Waals surface area contributed by atoms with Gasteiger partial charge in [-0.1, -0.05) is 42.3 Å². The molecule has 254 valence electrons. The van der Waals surface area contributed by atoms with E-state index in [1.807, 2.05) is 55.6 Å². The molecule has 0 radical (unpaired) electrons. The monoisotopic (exact) mass is 683 g/mol. The van der Waals surface area contributed by atoms with Crippen molar-refractivity contribution in [2.24, 2.45) is 0 Å². The molecule has 2 N–H and O–H groups in total. The molecule has 2 saturated heterocycles. The lowest BCUT2D eigenvalue weighted by atomic mass is 9.94. The minimum atomic E-state index is -0.248. The van der Waals surface area contributed by atoms with Crippen LogP contribution in [0.5, 0.6) is 0 Å². The molecule has 0 bridgehead atoms. The van der Waals surface area contributed by atoms with Gasteiger partial charge in [-0.05, 0) is 116 Å². The van der Waals surface area contributed by atoms with Crippen LogP contribution >= 0.6 is 11.6 Å². The minimum absolute atomic E-state index is 0.248. The number of benzene rings is 2. The van der Waals surface area contributed by atoms with Crippen molar-refractivity contribution in [1.82, 2.24) is 24.8 Å². The summed E-state index contributed by atoms with van der Waals surface area (Å²) in [6.45, 7) is 9.73. The molecule has 0 amide bonds. The first-order chi connectivity index (χ1) is 24.4. The van der Waals surface area contributed by atoms with Gasteiger partial charge in [0.2, 0.25) is 0 Å². The molecule has 5 heterocycles. The predicted molar refractivity (Wildman–Crippen MR) is 202 cm³/mol. The Bertz CT molecular complexity index is 2100. The van der Waals surface area contributed by atoms with Crippen LogP contribution in [0.4, 0.5) is 11.5 Å². The molecule has 0 unspecified atom stereocenters. The van der Waals surface area contributed by atoms with Gasteiger partial charge in [0.25, 0.3) is 0 Å². The molecule has 7 rings (SSSR count). The Morgan fingerprint density at radius 3 is 2.58 bits per heavy atom. The van der Waals surface area contributed by atoms with E-state index in [4.69, 9.17) is 16.6 Å². The standard InChI is InChI=1S/C41H42ClN7O/c1-27-19-30(37(42)21-32(27)25-48-16-4-3-5-17-48)9-10-39-36(22-43)35(12-15-44-39)34-7-6-8-38(28(34)2)47-41-40-31(11-14-45-41)20-29(23-46-40)24-49-18-13-33(50)26-49/h6-12,14-15,19-21,23,33,50H,3-5,13,16-18,24-26H2,1-2H3,(H,45,47)/b10-9+/t33-/m1/s1. The summed E-state index contributed by atoms with van der Waals surface area (Å²) in [5, 5.41) is 25.5. The van der Waals surface area contributed by atoms with Gasteiger partial charge >= 0.3 is 0 Å². The normalized spacial score (nSPS) is 17.1. The summed E-state index contributed by atoms with van der Waals surface area (Å²) in [6.07, 6.45) is 13.7. The van der Waals surface area contributed by atoms with Crippen LogP contribution in [0, 0.1) is 25.2 Å². The molecule has 1 atom stereocenters. The first-order valence-electron chi connectivity index (χ1n) is 17.5. The van der Waals surface area contributed by atoms with Gasteiger partial charge in [0.05, 0.1) is 17.4 Å². The van der Waals surface area contributed by atoms with Crippen LogP contribution in [0.1, 0.15) is 64.8 Å². The number of nitrogens with one attached hydrogen (secondary N) is 1. The number of aromatic nitrogens is 3. The maximum atomic E-state index is 10.4. The molecule has 2 aromatic carbocycles. The highest BCUT2D eigenvalue weighted by Crippen LogP contribution is 2.34. The van der Waals surface area contributed by atoms with Crippen molar-refractivity contribution < 1.29 is 5.11 Å². The molecule has 3 aromatic heterocycles. The number of aliphatic hydroxyl groups is 1. The lowest BCUT2D eigenvalue weighted by Crippen LogP contribution is -2.29. The second-order valence-corrected chi connectivity index (χ2v) is 14.0. The number of aryl methyl sites for hydroxylation is 1. The fraction of sp³-hybridized carbons (Fsp3) is 0.317. The first kappa shape index (κ1) is 33.8. The third-order valence-corrected chi connectivity index (χ3v) is 10.3. The van der Waals surface area contributed by atoms with Crippen molar-refractivity contribution in [3.8, 4) is 17.2 Å². The maximum absolute atomic E-state index is 10.4. The van der Waals surface area contributed by atoms with E-state index in [2.05, 4.69) is 56.3 Å². The summed E-state index contributed by atoms with van der Waals surface area (Å²) >= 11 is 6.79. The van der Waals surface area contributed by atoms with Gasteiger partial charge in [-0.3, -0.25) is 19.8 Å². The lowest BCUT2D eigenvalue weighted by molar-refractivity contribution is 0.175. The van der Waals surface area contributed by atoms with Gasteiger partial charge in [0, 0.05) is 66.4 Å². The van der Waals surface area contributed by atoms with Gasteiger partial charge in [-0.25, -0.2) is 4.98 Å². The van der Waals surface area contributed by atoms with Gasteiger partial charge in [-0.15, -0.1) is 0 Å². The van der Waals surface area contributed by atoms with E-state index in [0.29, 0.717) is 28.6 Å². The molecule has 5 aromatic rings. The highest BCUT2D eigenvalue weighted by Gasteiger charge is 2.21. The average Bonchev–Trinajstić information content (AvgIpc) is 3.54. The van der Waals surface area contributed by atoms with Crippen LogP contribution in [0.3, 0.4) is 0 Å².